The zero-order chi connectivity index (χ0) is 17.1. The van der Waals surface area contributed by atoms with Gasteiger partial charge in [0.05, 0.1) is 0 Å². The second-order valence-corrected chi connectivity index (χ2v) is 6.68. The summed E-state index contributed by atoms with van der Waals surface area (Å²) in [5.74, 6) is 1.05. The Hall–Kier alpha value is -2.14. The third-order valence-electron chi connectivity index (χ3n) is 4.46. The van der Waals surface area contributed by atoms with Crippen molar-refractivity contribution in [3.8, 4) is 0 Å². The predicted molar refractivity (Wildman–Crippen MR) is 95.8 cm³/mol. The van der Waals surface area contributed by atoms with Gasteiger partial charge >= 0.3 is 0 Å². The van der Waals surface area contributed by atoms with Gasteiger partial charge in [0.1, 0.15) is 5.69 Å². The van der Waals surface area contributed by atoms with E-state index >= 15 is 0 Å². The molecule has 0 atom stereocenters. The Morgan fingerprint density at radius 3 is 2.79 bits per heavy atom. The van der Waals surface area contributed by atoms with Crippen molar-refractivity contribution in [2.45, 2.75) is 26.7 Å². The predicted octanol–water partition coefficient (Wildman–Crippen LogP) is 4.05. The lowest BCUT2D eigenvalue weighted by atomic mass is 9.99. The molecule has 1 amide bonds. The topological polar surface area (TPSA) is 58.1 Å². The molecule has 1 aliphatic heterocycles. The molecule has 6 heteroatoms. The number of rotatable bonds is 3. The second kappa shape index (κ2) is 7.18. The number of nitrogens with one attached hydrogen (secondary N) is 1. The van der Waals surface area contributed by atoms with Crippen molar-refractivity contribution in [3.63, 3.8) is 0 Å². The first kappa shape index (κ1) is 16.7. The van der Waals surface area contributed by atoms with Crippen LogP contribution in [0, 0.1) is 12.8 Å². The lowest BCUT2D eigenvalue weighted by Crippen LogP contribution is -2.38. The Kier molecular flexibility index (Phi) is 5.00. The Labute approximate surface area is 147 Å². The Bertz CT molecular complexity index is 742. The van der Waals surface area contributed by atoms with Gasteiger partial charge in [0, 0.05) is 30.0 Å². The third-order valence-corrected chi connectivity index (χ3v) is 4.87. The summed E-state index contributed by atoms with van der Waals surface area (Å²) in [6, 6.07) is 7.27. The molecule has 0 radical (unpaired) electrons. The van der Waals surface area contributed by atoms with E-state index in [4.69, 9.17) is 11.6 Å². The van der Waals surface area contributed by atoms with E-state index in [1.54, 1.807) is 12.3 Å². The van der Waals surface area contributed by atoms with E-state index < -0.39 is 0 Å². The number of nitrogens with zero attached hydrogens (tertiary/aromatic N) is 3. The van der Waals surface area contributed by atoms with Crippen molar-refractivity contribution in [2.75, 3.05) is 18.4 Å². The summed E-state index contributed by atoms with van der Waals surface area (Å²) in [4.78, 5) is 23.1. The molecule has 2 heterocycles. The molecule has 0 saturated carbocycles. The van der Waals surface area contributed by atoms with Crippen LogP contribution in [-0.2, 0) is 0 Å². The molecule has 0 bridgehead atoms. The number of hydrogen-bond donors (Lipinski definition) is 1. The molecular weight excluding hydrogens is 324 g/mol. The minimum absolute atomic E-state index is 0.0323. The van der Waals surface area contributed by atoms with E-state index in [9.17, 15) is 4.79 Å². The minimum Gasteiger partial charge on any atom is -0.337 e. The molecule has 1 N–H and O–H groups in total. The van der Waals surface area contributed by atoms with Crippen molar-refractivity contribution in [1.82, 2.24) is 14.9 Å². The molecule has 1 fully saturated rings. The van der Waals surface area contributed by atoms with Gasteiger partial charge in [-0.3, -0.25) is 4.79 Å². The molecule has 3 rings (SSSR count). The highest BCUT2D eigenvalue weighted by Crippen LogP contribution is 2.25. The first-order valence-electron chi connectivity index (χ1n) is 8.19. The van der Waals surface area contributed by atoms with Crippen LogP contribution in [0.3, 0.4) is 0 Å². The molecule has 5 nitrogen and oxygen atoms in total. The van der Waals surface area contributed by atoms with E-state index in [2.05, 4.69) is 22.2 Å². The monoisotopic (exact) mass is 344 g/mol. The molecule has 1 aromatic carbocycles. The fourth-order valence-corrected chi connectivity index (χ4v) is 2.95. The number of halogens is 1. The number of carbonyl (C=O) groups is 1. The first-order chi connectivity index (χ1) is 11.5. The van der Waals surface area contributed by atoms with E-state index in [1.165, 1.54) is 0 Å². The van der Waals surface area contributed by atoms with Gasteiger partial charge in [-0.1, -0.05) is 24.6 Å². The van der Waals surface area contributed by atoms with Crippen LogP contribution in [0.1, 0.15) is 35.8 Å². The van der Waals surface area contributed by atoms with Gasteiger partial charge in [0.25, 0.3) is 5.91 Å². The van der Waals surface area contributed by atoms with E-state index in [0.29, 0.717) is 22.6 Å². The van der Waals surface area contributed by atoms with Crippen molar-refractivity contribution < 1.29 is 4.79 Å². The molecule has 1 aromatic heterocycles. The smallest absolute Gasteiger partial charge is 0.272 e. The fraction of sp³-hybridized carbons (Fsp3) is 0.389. The minimum atomic E-state index is -0.0323. The maximum Gasteiger partial charge on any atom is 0.272 e. The number of piperidine rings is 1. The third kappa shape index (κ3) is 3.67. The van der Waals surface area contributed by atoms with Crippen molar-refractivity contribution in [1.29, 1.82) is 0 Å². The van der Waals surface area contributed by atoms with Gasteiger partial charge in [0.15, 0.2) is 0 Å². The summed E-state index contributed by atoms with van der Waals surface area (Å²) in [5.41, 5.74) is 2.17. The summed E-state index contributed by atoms with van der Waals surface area (Å²) in [6.07, 6.45) is 3.70. The van der Waals surface area contributed by atoms with Crippen LogP contribution in [0.25, 0.3) is 0 Å². The lowest BCUT2D eigenvalue weighted by molar-refractivity contribution is 0.0691. The number of hydrogen-bond acceptors (Lipinski definition) is 4. The Balaban J connectivity index is 1.76. The maximum atomic E-state index is 12.6. The molecule has 2 aromatic rings. The molecule has 0 spiro atoms. The van der Waals surface area contributed by atoms with Crippen molar-refractivity contribution in [3.05, 3.63) is 46.7 Å². The quantitative estimate of drug-likeness (QED) is 0.912. The second-order valence-electron chi connectivity index (χ2n) is 6.28. The number of likely N-dealkylation sites (tertiary alicyclic amines) is 1. The van der Waals surface area contributed by atoms with Crippen LogP contribution in [0.2, 0.25) is 5.02 Å². The maximum absolute atomic E-state index is 12.6. The Morgan fingerprint density at radius 1 is 1.29 bits per heavy atom. The first-order valence-corrected chi connectivity index (χ1v) is 8.57. The molecule has 1 saturated heterocycles. The van der Waals surface area contributed by atoms with Gasteiger partial charge in [-0.05, 0) is 49.4 Å². The summed E-state index contributed by atoms with van der Waals surface area (Å²) in [6.45, 7) is 5.73. The van der Waals surface area contributed by atoms with Crippen LogP contribution in [0.5, 0.6) is 0 Å². The number of amides is 1. The van der Waals surface area contributed by atoms with Gasteiger partial charge in [-0.15, -0.1) is 0 Å². The van der Waals surface area contributed by atoms with Gasteiger partial charge in [-0.25, -0.2) is 9.97 Å². The average molecular weight is 345 g/mol. The summed E-state index contributed by atoms with van der Waals surface area (Å²) in [5, 5.41) is 3.82. The Morgan fingerprint density at radius 2 is 2.04 bits per heavy atom. The molecular formula is C18H21ClN4O. The van der Waals surface area contributed by atoms with Crippen LogP contribution >= 0.6 is 11.6 Å². The number of aromatic nitrogens is 2. The highest BCUT2D eigenvalue weighted by Gasteiger charge is 2.22. The van der Waals surface area contributed by atoms with E-state index in [1.807, 2.05) is 30.0 Å². The van der Waals surface area contributed by atoms with Gasteiger partial charge in [0.2, 0.25) is 5.95 Å². The molecule has 0 aliphatic carbocycles. The highest BCUT2D eigenvalue weighted by molar-refractivity contribution is 6.31. The van der Waals surface area contributed by atoms with Crippen LogP contribution in [-0.4, -0.2) is 33.9 Å². The zero-order valence-electron chi connectivity index (χ0n) is 13.9. The summed E-state index contributed by atoms with van der Waals surface area (Å²) >= 11 is 6.13. The van der Waals surface area contributed by atoms with E-state index in [-0.39, 0.29) is 5.91 Å². The van der Waals surface area contributed by atoms with Crippen LogP contribution in [0.15, 0.2) is 30.5 Å². The normalized spacial score (nSPS) is 15.4. The fourth-order valence-electron chi connectivity index (χ4n) is 2.78. The van der Waals surface area contributed by atoms with Gasteiger partial charge in [-0.2, -0.15) is 0 Å². The molecule has 24 heavy (non-hydrogen) atoms. The lowest BCUT2D eigenvalue weighted by Gasteiger charge is -2.30. The number of benzene rings is 1. The summed E-state index contributed by atoms with van der Waals surface area (Å²) < 4.78 is 0. The zero-order valence-corrected chi connectivity index (χ0v) is 14.7. The largest absolute Gasteiger partial charge is 0.337 e. The van der Waals surface area contributed by atoms with Crippen LogP contribution in [0.4, 0.5) is 11.6 Å². The molecule has 1 aliphatic rings. The average Bonchev–Trinajstić information content (AvgIpc) is 2.59. The molecule has 0 unspecified atom stereocenters. The highest BCUT2D eigenvalue weighted by atomic mass is 35.5. The number of carbonyl (C=O) groups excluding carboxylic acids is 1. The molecule has 126 valence electrons. The standard InChI is InChI=1S/C18H21ClN4O/c1-12-7-10-23(11-8-12)17(24)16-6-9-20-18(22-16)21-15-5-3-4-14(19)13(15)2/h3-6,9,12H,7-8,10-11H2,1-2H3,(H,20,21,22). The SMILES string of the molecule is Cc1c(Cl)cccc1Nc1nccc(C(=O)N2CCC(C)CC2)n1. The van der Waals surface area contributed by atoms with Gasteiger partial charge < -0.3 is 10.2 Å². The van der Waals surface area contributed by atoms with Crippen LogP contribution < -0.4 is 5.32 Å². The summed E-state index contributed by atoms with van der Waals surface area (Å²) in [7, 11) is 0. The van der Waals surface area contributed by atoms with Crippen molar-refractivity contribution in [2.24, 2.45) is 5.92 Å². The number of anilines is 2. The van der Waals surface area contributed by atoms with E-state index in [0.717, 1.165) is 37.2 Å². The van der Waals surface area contributed by atoms with Crippen molar-refractivity contribution >= 4 is 29.1 Å².